The third kappa shape index (κ3) is 4.97. The third-order valence-corrected chi connectivity index (χ3v) is 4.87. The van der Waals surface area contributed by atoms with Gasteiger partial charge in [-0.25, -0.2) is 0 Å². The van der Waals surface area contributed by atoms with Crippen LogP contribution in [0.4, 0.5) is 0 Å². The summed E-state index contributed by atoms with van der Waals surface area (Å²) < 4.78 is 11.1. The Kier molecular flexibility index (Phi) is 5.90. The molecule has 0 aliphatic heterocycles. The highest BCUT2D eigenvalue weighted by Crippen LogP contribution is 2.17. The summed E-state index contributed by atoms with van der Waals surface area (Å²) in [5, 5.41) is 2.05. The van der Waals surface area contributed by atoms with Gasteiger partial charge in [0.2, 0.25) is 0 Å². The molecule has 0 atom stereocenters. The maximum atomic E-state index is 12.7. The van der Waals surface area contributed by atoms with E-state index >= 15 is 0 Å². The molecule has 4 nitrogen and oxygen atoms in total. The van der Waals surface area contributed by atoms with Gasteiger partial charge in [-0.1, -0.05) is 24.3 Å². The van der Waals surface area contributed by atoms with Crippen LogP contribution >= 0.6 is 11.3 Å². The SMILES string of the molecule is Cc1ccccc1OCC(=O)N(CCc1cccs1)Cc1ccco1. The van der Waals surface area contributed by atoms with E-state index < -0.39 is 0 Å². The molecule has 0 saturated heterocycles. The molecule has 2 aromatic heterocycles. The summed E-state index contributed by atoms with van der Waals surface area (Å²) in [5.74, 6) is 1.47. The number of aryl methyl sites for hydroxylation is 1. The number of hydrogen-bond donors (Lipinski definition) is 0. The fraction of sp³-hybridized carbons (Fsp3) is 0.250. The second-order valence-corrected chi connectivity index (χ2v) is 6.81. The molecule has 0 radical (unpaired) electrons. The van der Waals surface area contributed by atoms with Crippen LogP contribution in [0.1, 0.15) is 16.2 Å². The molecule has 3 aromatic rings. The number of benzene rings is 1. The molecule has 2 heterocycles. The molecular formula is C20H21NO3S. The van der Waals surface area contributed by atoms with E-state index in [9.17, 15) is 4.79 Å². The van der Waals surface area contributed by atoms with Gasteiger partial charge < -0.3 is 14.1 Å². The molecule has 0 saturated carbocycles. The normalized spacial score (nSPS) is 10.6. The molecule has 3 rings (SSSR count). The van der Waals surface area contributed by atoms with Crippen LogP contribution in [0, 0.1) is 6.92 Å². The van der Waals surface area contributed by atoms with Crippen LogP contribution in [0.15, 0.2) is 64.6 Å². The molecule has 0 aliphatic rings. The van der Waals surface area contributed by atoms with Gasteiger partial charge in [-0.05, 0) is 48.6 Å². The van der Waals surface area contributed by atoms with Crippen LogP contribution in [0.25, 0.3) is 0 Å². The maximum absolute atomic E-state index is 12.7. The lowest BCUT2D eigenvalue weighted by Gasteiger charge is -2.22. The first-order valence-corrected chi connectivity index (χ1v) is 9.11. The number of rotatable bonds is 8. The van der Waals surface area contributed by atoms with Gasteiger partial charge >= 0.3 is 0 Å². The predicted molar refractivity (Wildman–Crippen MR) is 98.8 cm³/mol. The van der Waals surface area contributed by atoms with Gasteiger partial charge in [-0.3, -0.25) is 4.79 Å². The molecule has 5 heteroatoms. The average molecular weight is 355 g/mol. The Morgan fingerprint density at radius 1 is 1.16 bits per heavy atom. The van der Waals surface area contributed by atoms with Crippen molar-refractivity contribution in [3.8, 4) is 5.75 Å². The zero-order valence-electron chi connectivity index (χ0n) is 14.2. The summed E-state index contributed by atoms with van der Waals surface area (Å²) in [7, 11) is 0. The molecule has 0 spiro atoms. The lowest BCUT2D eigenvalue weighted by molar-refractivity contribution is -0.134. The zero-order chi connectivity index (χ0) is 17.5. The first-order valence-electron chi connectivity index (χ1n) is 8.23. The Bertz CT molecular complexity index is 781. The molecule has 0 unspecified atom stereocenters. The summed E-state index contributed by atoms with van der Waals surface area (Å²) >= 11 is 1.70. The average Bonchev–Trinajstić information content (AvgIpc) is 3.31. The van der Waals surface area contributed by atoms with Crippen LogP contribution in [-0.4, -0.2) is 24.0 Å². The number of para-hydroxylation sites is 1. The maximum Gasteiger partial charge on any atom is 0.260 e. The van der Waals surface area contributed by atoms with Crippen LogP contribution < -0.4 is 4.74 Å². The van der Waals surface area contributed by atoms with E-state index in [0.29, 0.717) is 13.1 Å². The van der Waals surface area contributed by atoms with Gasteiger partial charge in [0.1, 0.15) is 11.5 Å². The minimum absolute atomic E-state index is 0.0238. The van der Waals surface area contributed by atoms with Crippen molar-refractivity contribution in [1.82, 2.24) is 4.90 Å². The second-order valence-electron chi connectivity index (χ2n) is 5.78. The van der Waals surface area contributed by atoms with Crippen molar-refractivity contribution in [3.05, 3.63) is 76.4 Å². The van der Waals surface area contributed by atoms with Crippen molar-refractivity contribution in [2.75, 3.05) is 13.2 Å². The standard InChI is InChI=1S/C20H21NO3S/c1-16-6-2-3-9-19(16)24-15-20(22)21(14-17-7-4-12-23-17)11-10-18-8-5-13-25-18/h2-9,12-13H,10-11,14-15H2,1H3. The van der Waals surface area contributed by atoms with Crippen molar-refractivity contribution in [1.29, 1.82) is 0 Å². The highest BCUT2D eigenvalue weighted by atomic mass is 32.1. The Morgan fingerprint density at radius 3 is 2.76 bits per heavy atom. The molecule has 0 fully saturated rings. The van der Waals surface area contributed by atoms with E-state index in [1.165, 1.54) is 4.88 Å². The van der Waals surface area contributed by atoms with Gasteiger partial charge in [0.15, 0.2) is 6.61 Å². The molecule has 1 amide bonds. The lowest BCUT2D eigenvalue weighted by Crippen LogP contribution is -2.36. The number of hydrogen-bond acceptors (Lipinski definition) is 4. The molecule has 0 aliphatic carbocycles. The molecule has 0 N–H and O–H groups in total. The van der Waals surface area contributed by atoms with Gasteiger partial charge in [-0.2, -0.15) is 0 Å². The first-order chi connectivity index (χ1) is 12.2. The number of nitrogens with zero attached hydrogens (tertiary/aromatic N) is 1. The second kappa shape index (κ2) is 8.53. The van der Waals surface area contributed by atoms with E-state index in [1.54, 1.807) is 22.5 Å². The van der Waals surface area contributed by atoms with Gasteiger partial charge in [-0.15, -0.1) is 11.3 Å². The number of thiophene rings is 1. The summed E-state index contributed by atoms with van der Waals surface area (Å²) in [4.78, 5) is 15.7. The van der Waals surface area contributed by atoms with E-state index in [4.69, 9.17) is 9.15 Å². The number of furan rings is 1. The first kappa shape index (κ1) is 17.3. The number of amides is 1. The van der Waals surface area contributed by atoms with Crippen LogP contribution in [0.5, 0.6) is 5.75 Å². The molecule has 1 aromatic carbocycles. The highest BCUT2D eigenvalue weighted by Gasteiger charge is 2.16. The highest BCUT2D eigenvalue weighted by molar-refractivity contribution is 7.09. The van der Waals surface area contributed by atoms with E-state index in [-0.39, 0.29) is 12.5 Å². The van der Waals surface area contributed by atoms with Crippen molar-refractivity contribution < 1.29 is 13.9 Å². The van der Waals surface area contributed by atoms with E-state index in [0.717, 1.165) is 23.5 Å². The van der Waals surface area contributed by atoms with Crippen molar-refractivity contribution >= 4 is 17.2 Å². The Labute approximate surface area is 151 Å². The van der Waals surface area contributed by atoms with Gasteiger partial charge in [0.05, 0.1) is 12.8 Å². The van der Waals surface area contributed by atoms with Crippen LogP contribution in [-0.2, 0) is 17.8 Å². The monoisotopic (exact) mass is 355 g/mol. The Hall–Kier alpha value is -2.53. The number of carbonyl (C=O) groups excluding carboxylic acids is 1. The molecule has 130 valence electrons. The van der Waals surface area contributed by atoms with E-state index in [1.807, 2.05) is 49.4 Å². The van der Waals surface area contributed by atoms with E-state index in [2.05, 4.69) is 11.4 Å². The summed E-state index contributed by atoms with van der Waals surface area (Å²) in [6.45, 7) is 3.08. The van der Waals surface area contributed by atoms with Crippen molar-refractivity contribution in [2.24, 2.45) is 0 Å². The van der Waals surface area contributed by atoms with Gasteiger partial charge in [0.25, 0.3) is 5.91 Å². The molecule has 0 bridgehead atoms. The minimum Gasteiger partial charge on any atom is -0.484 e. The smallest absolute Gasteiger partial charge is 0.260 e. The Balaban J connectivity index is 1.62. The van der Waals surface area contributed by atoms with Crippen molar-refractivity contribution in [3.63, 3.8) is 0 Å². The minimum atomic E-state index is -0.0452. The van der Waals surface area contributed by atoms with Crippen LogP contribution in [0.2, 0.25) is 0 Å². The zero-order valence-corrected chi connectivity index (χ0v) is 15.0. The molecule has 25 heavy (non-hydrogen) atoms. The summed E-state index contributed by atoms with van der Waals surface area (Å²) in [6, 6.07) is 15.5. The molecular weight excluding hydrogens is 334 g/mol. The fourth-order valence-corrected chi connectivity index (χ4v) is 3.23. The van der Waals surface area contributed by atoms with Gasteiger partial charge in [0, 0.05) is 11.4 Å². The van der Waals surface area contributed by atoms with Crippen LogP contribution in [0.3, 0.4) is 0 Å². The lowest BCUT2D eigenvalue weighted by atomic mass is 10.2. The summed E-state index contributed by atoms with van der Waals surface area (Å²) in [6.07, 6.45) is 2.45. The largest absolute Gasteiger partial charge is 0.484 e. The van der Waals surface area contributed by atoms with Crippen molar-refractivity contribution in [2.45, 2.75) is 19.9 Å². The predicted octanol–water partition coefficient (Wildman–Crippen LogP) is 4.30. The third-order valence-electron chi connectivity index (χ3n) is 3.93. The number of ether oxygens (including phenoxy) is 1. The fourth-order valence-electron chi connectivity index (χ4n) is 2.53. The summed E-state index contributed by atoms with van der Waals surface area (Å²) in [5.41, 5.74) is 1.02. The Morgan fingerprint density at radius 2 is 2.04 bits per heavy atom. The quantitative estimate of drug-likeness (QED) is 0.605. The topological polar surface area (TPSA) is 42.7 Å². The number of carbonyl (C=O) groups is 1.